The Hall–Kier alpha value is -0.340. The highest BCUT2D eigenvalue weighted by atomic mass is 16.5. The summed E-state index contributed by atoms with van der Waals surface area (Å²) in [4.78, 5) is 0. The first kappa shape index (κ1) is 6.78. The van der Waals surface area contributed by atoms with E-state index < -0.39 is 5.79 Å². The van der Waals surface area contributed by atoms with Crippen LogP contribution in [0.1, 0.15) is 25.7 Å². The number of rotatable bonds is 0. The number of aliphatic hydroxyl groups is 2. The van der Waals surface area contributed by atoms with Gasteiger partial charge in [-0.05, 0) is 12.8 Å². The van der Waals surface area contributed by atoms with E-state index in [4.69, 9.17) is 10.2 Å². The van der Waals surface area contributed by atoms with Crippen molar-refractivity contribution in [3.05, 3.63) is 12.2 Å². The molecule has 0 unspecified atom stereocenters. The van der Waals surface area contributed by atoms with Crippen LogP contribution < -0.4 is 0 Å². The molecule has 0 bridgehead atoms. The standard InChI is InChI=1S/C7H12O2/c8-7(9)5-3-1-2-4-6-7/h1,3,8-9H,2,4-6H2. The first-order valence-corrected chi connectivity index (χ1v) is 3.30. The lowest BCUT2D eigenvalue weighted by molar-refractivity contribution is -0.161. The van der Waals surface area contributed by atoms with Gasteiger partial charge in [0, 0.05) is 12.8 Å². The van der Waals surface area contributed by atoms with Crippen LogP contribution in [0.3, 0.4) is 0 Å². The van der Waals surface area contributed by atoms with Crippen molar-refractivity contribution in [3.8, 4) is 0 Å². The third-order valence-electron chi connectivity index (χ3n) is 1.56. The molecule has 0 saturated carbocycles. The van der Waals surface area contributed by atoms with Crippen LogP contribution >= 0.6 is 0 Å². The van der Waals surface area contributed by atoms with Gasteiger partial charge in [0.1, 0.15) is 0 Å². The van der Waals surface area contributed by atoms with Gasteiger partial charge in [-0.15, -0.1) is 0 Å². The molecule has 2 heteroatoms. The highest BCUT2D eigenvalue weighted by molar-refractivity contribution is 4.90. The van der Waals surface area contributed by atoms with Crippen molar-refractivity contribution in [2.45, 2.75) is 31.5 Å². The Kier molecular flexibility index (Phi) is 1.88. The lowest BCUT2D eigenvalue weighted by Crippen LogP contribution is -2.25. The van der Waals surface area contributed by atoms with E-state index in [-0.39, 0.29) is 0 Å². The molecule has 0 heterocycles. The average Bonchev–Trinajstić information content (AvgIpc) is 1.92. The second-order valence-electron chi connectivity index (χ2n) is 2.55. The van der Waals surface area contributed by atoms with Crippen LogP contribution in [0.25, 0.3) is 0 Å². The topological polar surface area (TPSA) is 40.5 Å². The van der Waals surface area contributed by atoms with E-state index in [9.17, 15) is 0 Å². The summed E-state index contributed by atoms with van der Waals surface area (Å²) in [5, 5.41) is 18.1. The van der Waals surface area contributed by atoms with Crippen molar-refractivity contribution in [2.75, 3.05) is 0 Å². The van der Waals surface area contributed by atoms with Gasteiger partial charge >= 0.3 is 0 Å². The van der Waals surface area contributed by atoms with Crippen molar-refractivity contribution < 1.29 is 10.2 Å². The molecule has 0 fully saturated rings. The predicted molar refractivity (Wildman–Crippen MR) is 34.8 cm³/mol. The SMILES string of the molecule is OC1(O)CC=CCCC1. The second kappa shape index (κ2) is 2.50. The van der Waals surface area contributed by atoms with E-state index in [1.165, 1.54) is 0 Å². The molecule has 0 aromatic heterocycles. The van der Waals surface area contributed by atoms with Gasteiger partial charge in [0.15, 0.2) is 5.79 Å². The van der Waals surface area contributed by atoms with Crippen LogP contribution in [-0.4, -0.2) is 16.0 Å². The largest absolute Gasteiger partial charge is 0.365 e. The van der Waals surface area contributed by atoms with Gasteiger partial charge in [0.05, 0.1) is 0 Å². The van der Waals surface area contributed by atoms with Crippen molar-refractivity contribution >= 4 is 0 Å². The maximum Gasteiger partial charge on any atom is 0.165 e. The molecule has 0 atom stereocenters. The zero-order valence-electron chi connectivity index (χ0n) is 5.38. The monoisotopic (exact) mass is 128 g/mol. The van der Waals surface area contributed by atoms with Crippen molar-refractivity contribution in [1.29, 1.82) is 0 Å². The molecule has 1 rings (SSSR count). The highest BCUT2D eigenvalue weighted by Crippen LogP contribution is 2.19. The average molecular weight is 128 g/mol. The van der Waals surface area contributed by atoms with Crippen molar-refractivity contribution in [3.63, 3.8) is 0 Å². The lowest BCUT2D eigenvalue weighted by atomic mass is 10.1. The molecule has 52 valence electrons. The molecule has 0 aliphatic heterocycles. The van der Waals surface area contributed by atoms with Crippen molar-refractivity contribution in [2.24, 2.45) is 0 Å². The summed E-state index contributed by atoms with van der Waals surface area (Å²) in [6.07, 6.45) is 6.56. The third kappa shape index (κ3) is 2.16. The van der Waals surface area contributed by atoms with E-state index in [2.05, 4.69) is 0 Å². The Balaban J connectivity index is 2.48. The molecule has 0 amide bonds. The first-order valence-electron chi connectivity index (χ1n) is 3.30. The lowest BCUT2D eigenvalue weighted by Gasteiger charge is -2.17. The maximum absolute atomic E-state index is 9.06. The minimum Gasteiger partial charge on any atom is -0.365 e. The normalized spacial score (nSPS) is 25.6. The zero-order chi connectivity index (χ0) is 6.74. The Labute approximate surface area is 54.8 Å². The van der Waals surface area contributed by atoms with E-state index >= 15 is 0 Å². The Morgan fingerprint density at radius 1 is 1.22 bits per heavy atom. The van der Waals surface area contributed by atoms with Crippen LogP contribution in [0, 0.1) is 0 Å². The summed E-state index contributed by atoms with van der Waals surface area (Å²) in [7, 11) is 0. The van der Waals surface area contributed by atoms with Gasteiger partial charge in [0.25, 0.3) is 0 Å². The fourth-order valence-electron chi connectivity index (χ4n) is 0.995. The summed E-state index contributed by atoms with van der Waals surface area (Å²) >= 11 is 0. The molecule has 0 aromatic carbocycles. The van der Waals surface area contributed by atoms with Gasteiger partial charge in [-0.2, -0.15) is 0 Å². The summed E-state index contributed by atoms with van der Waals surface area (Å²) < 4.78 is 0. The first-order chi connectivity index (χ1) is 4.21. The third-order valence-corrected chi connectivity index (χ3v) is 1.56. The molecule has 0 aromatic rings. The van der Waals surface area contributed by atoms with Gasteiger partial charge < -0.3 is 10.2 Å². The summed E-state index contributed by atoms with van der Waals surface area (Å²) in [6.45, 7) is 0. The number of hydrogen-bond donors (Lipinski definition) is 2. The second-order valence-corrected chi connectivity index (χ2v) is 2.55. The van der Waals surface area contributed by atoms with Gasteiger partial charge in [-0.3, -0.25) is 0 Å². The quantitative estimate of drug-likeness (QED) is 0.374. The number of allylic oxidation sites excluding steroid dienone is 1. The Morgan fingerprint density at radius 2 is 2.00 bits per heavy atom. The summed E-state index contributed by atoms with van der Waals surface area (Å²) in [5.74, 6) is -1.42. The smallest absolute Gasteiger partial charge is 0.165 e. The molecule has 1 aliphatic rings. The van der Waals surface area contributed by atoms with Crippen LogP contribution in [0.2, 0.25) is 0 Å². The minimum atomic E-state index is -1.42. The molecule has 0 spiro atoms. The molecule has 9 heavy (non-hydrogen) atoms. The summed E-state index contributed by atoms with van der Waals surface area (Å²) in [6, 6.07) is 0. The van der Waals surface area contributed by atoms with Crippen LogP contribution in [0.5, 0.6) is 0 Å². The van der Waals surface area contributed by atoms with Crippen LogP contribution in [-0.2, 0) is 0 Å². The van der Waals surface area contributed by atoms with Crippen molar-refractivity contribution in [1.82, 2.24) is 0 Å². The van der Waals surface area contributed by atoms with E-state index in [1.54, 1.807) is 0 Å². The molecular formula is C7H12O2. The molecular weight excluding hydrogens is 116 g/mol. The van der Waals surface area contributed by atoms with E-state index in [0.717, 1.165) is 12.8 Å². The molecule has 2 nitrogen and oxygen atoms in total. The highest BCUT2D eigenvalue weighted by Gasteiger charge is 2.21. The molecule has 1 aliphatic carbocycles. The van der Waals surface area contributed by atoms with Gasteiger partial charge in [-0.1, -0.05) is 12.2 Å². The molecule has 0 saturated heterocycles. The predicted octanol–water partition coefficient (Wildman–Crippen LogP) is 0.797. The molecule has 0 radical (unpaired) electrons. The molecule has 2 N–H and O–H groups in total. The number of hydrogen-bond acceptors (Lipinski definition) is 2. The van der Waals surface area contributed by atoms with E-state index in [1.807, 2.05) is 12.2 Å². The van der Waals surface area contributed by atoms with Crippen LogP contribution in [0.4, 0.5) is 0 Å². The fourth-order valence-corrected chi connectivity index (χ4v) is 0.995. The minimum absolute atomic E-state index is 0.382. The Morgan fingerprint density at radius 3 is 2.78 bits per heavy atom. The Bertz CT molecular complexity index is 116. The van der Waals surface area contributed by atoms with Gasteiger partial charge in [0.2, 0.25) is 0 Å². The zero-order valence-corrected chi connectivity index (χ0v) is 5.38. The van der Waals surface area contributed by atoms with Gasteiger partial charge in [-0.25, -0.2) is 0 Å². The maximum atomic E-state index is 9.06. The van der Waals surface area contributed by atoms with E-state index in [0.29, 0.717) is 12.8 Å². The summed E-state index contributed by atoms with van der Waals surface area (Å²) in [5.41, 5.74) is 0. The fraction of sp³-hybridized carbons (Fsp3) is 0.714. The van der Waals surface area contributed by atoms with Crippen LogP contribution in [0.15, 0.2) is 12.2 Å².